The fraction of sp³-hybridized carbons (Fsp3) is 0.500. The standard InChI is InChI=1S/C35H53O2P.C12H9N.CH4O3S.Pd/c1-24(2)28-20-15-21-29(25(3)4)32(28)33-30(36-8)22-23-31(37-35(5,6)7)34(33)38(26-16-11-9-12-17-26)27-18-13-10-14-19-27;13-12-9-5-4-8-11(12)10-6-2-1-3-7-10;1-5(2,3)4;/h15,20-27H,9-14,16-19H2,1-8H3;1-6,8-9,13H;1H3,(H,2,3,4);/q;-2;;+2/p+1. The summed E-state index contributed by atoms with van der Waals surface area (Å²) in [6, 6.07) is 29.8. The van der Waals surface area contributed by atoms with Crippen molar-refractivity contribution in [1.82, 2.24) is 0 Å². The van der Waals surface area contributed by atoms with Crippen LogP contribution in [0.5, 0.6) is 11.5 Å². The molecule has 0 spiro atoms. The van der Waals surface area contributed by atoms with Crippen molar-refractivity contribution >= 4 is 29.0 Å². The maximum Gasteiger partial charge on any atom is 2.00 e. The van der Waals surface area contributed by atoms with Crippen molar-refractivity contribution in [3.05, 3.63) is 102 Å². The summed E-state index contributed by atoms with van der Waals surface area (Å²) in [6.07, 6.45) is 14.6. The summed E-state index contributed by atoms with van der Waals surface area (Å²) < 4.78 is 39.1. The first-order valence-electron chi connectivity index (χ1n) is 20.6. The zero-order chi connectivity index (χ0) is 41.0. The SMILES string of the molecule is COc1ccc(OC(C)(C)C)c([PH+](C2CCCCC2)C2CCCCC2)c1-c1c(C(C)C)cccc1C(C)C.CS(=O)(=O)O.[NH-]c1ccccc1-c1[c-]cccc1.[Pd+2]. The van der Waals surface area contributed by atoms with Crippen molar-refractivity contribution in [1.29, 1.82) is 0 Å². The molecule has 57 heavy (non-hydrogen) atoms. The molecule has 0 unspecified atom stereocenters. The number of benzene rings is 4. The summed E-state index contributed by atoms with van der Waals surface area (Å²) >= 11 is 0. The Morgan fingerprint density at radius 3 is 1.67 bits per heavy atom. The van der Waals surface area contributed by atoms with Gasteiger partial charge in [0.1, 0.15) is 16.7 Å². The van der Waals surface area contributed by atoms with Crippen molar-refractivity contribution in [2.75, 3.05) is 13.4 Å². The van der Waals surface area contributed by atoms with E-state index >= 15 is 0 Å². The van der Waals surface area contributed by atoms with Crippen LogP contribution in [0.2, 0.25) is 0 Å². The molecule has 9 heteroatoms. The average Bonchev–Trinajstić information content (AvgIpc) is 3.15. The molecule has 6 rings (SSSR count). The molecule has 0 bridgehead atoms. The third kappa shape index (κ3) is 14.5. The summed E-state index contributed by atoms with van der Waals surface area (Å²) in [7, 11) is -2.72. The molecule has 0 aliphatic heterocycles. The molecule has 2 aliphatic carbocycles. The molecule has 0 atom stereocenters. The Bertz CT molecular complexity index is 1880. The largest absolute Gasteiger partial charge is 2.00 e. The van der Waals surface area contributed by atoms with Crippen molar-refractivity contribution in [2.24, 2.45) is 0 Å². The van der Waals surface area contributed by atoms with Crippen LogP contribution in [-0.4, -0.2) is 43.3 Å². The van der Waals surface area contributed by atoms with Crippen LogP contribution in [0.15, 0.2) is 78.9 Å². The molecule has 4 aromatic rings. The van der Waals surface area contributed by atoms with Crippen molar-refractivity contribution in [3.63, 3.8) is 0 Å². The number of rotatable bonds is 9. The van der Waals surface area contributed by atoms with Crippen LogP contribution < -0.4 is 14.8 Å². The Hall–Kier alpha value is -2.72. The fourth-order valence-electron chi connectivity index (χ4n) is 8.37. The number of nitrogens with one attached hydrogen (secondary N) is 1. The van der Waals surface area contributed by atoms with E-state index in [-0.39, 0.29) is 26.0 Å². The zero-order valence-electron chi connectivity index (χ0n) is 35.7. The molecule has 0 saturated heterocycles. The smallest absolute Gasteiger partial charge is 0.706 e. The van der Waals surface area contributed by atoms with Gasteiger partial charge in [-0.25, -0.2) is 0 Å². The van der Waals surface area contributed by atoms with Crippen molar-refractivity contribution < 1.29 is 42.9 Å². The first-order valence-corrected chi connectivity index (χ1v) is 24.1. The molecule has 0 amide bonds. The van der Waals surface area contributed by atoms with Crippen LogP contribution in [0.1, 0.15) is 136 Å². The number of methoxy groups -OCH3 is 1. The van der Waals surface area contributed by atoms with Gasteiger partial charge in [-0.15, -0.1) is 41.5 Å². The van der Waals surface area contributed by atoms with Gasteiger partial charge in [-0.05, 0) is 113 Å². The van der Waals surface area contributed by atoms with Crippen molar-refractivity contribution in [2.45, 2.75) is 141 Å². The van der Waals surface area contributed by atoms with Gasteiger partial charge in [0.25, 0.3) is 10.1 Å². The van der Waals surface area contributed by atoms with Crippen LogP contribution in [0.3, 0.4) is 0 Å². The molecule has 314 valence electrons. The number of hydrogen-bond donors (Lipinski definition) is 1. The first-order chi connectivity index (χ1) is 26.5. The minimum absolute atomic E-state index is 0. The van der Waals surface area contributed by atoms with Gasteiger partial charge in [-0.2, -0.15) is 14.1 Å². The summed E-state index contributed by atoms with van der Waals surface area (Å²) in [5.74, 6) is 3.04. The van der Waals surface area contributed by atoms with Crippen LogP contribution in [0.4, 0.5) is 5.69 Å². The average molecular weight is 908 g/mol. The van der Waals surface area contributed by atoms with Gasteiger partial charge in [0.2, 0.25) is 0 Å². The fourth-order valence-corrected chi connectivity index (χ4v) is 12.9. The van der Waals surface area contributed by atoms with E-state index in [0.717, 1.165) is 33.9 Å². The minimum atomic E-state index is -3.67. The molecular formula is C48H67NO5PPdS+. The quantitative estimate of drug-likeness (QED) is 0.0781. The predicted molar refractivity (Wildman–Crippen MR) is 241 cm³/mol. The molecule has 4 aromatic carbocycles. The number of hydrogen-bond acceptors (Lipinski definition) is 4. The van der Waals surface area contributed by atoms with E-state index in [2.05, 4.69) is 84.9 Å². The summed E-state index contributed by atoms with van der Waals surface area (Å²) in [5, 5.41) is 1.55. The van der Waals surface area contributed by atoms with Gasteiger partial charge in [0.15, 0.2) is 5.75 Å². The molecule has 0 heterocycles. The predicted octanol–water partition coefficient (Wildman–Crippen LogP) is 13.6. The Balaban J connectivity index is 0.000000377. The maximum atomic E-state index is 9.19. The van der Waals surface area contributed by atoms with E-state index in [1.807, 2.05) is 49.6 Å². The second-order valence-electron chi connectivity index (χ2n) is 17.0. The van der Waals surface area contributed by atoms with Crippen LogP contribution >= 0.6 is 7.92 Å². The van der Waals surface area contributed by atoms with Gasteiger partial charge >= 0.3 is 20.4 Å². The molecule has 2 N–H and O–H groups in total. The Morgan fingerprint density at radius 2 is 1.23 bits per heavy atom. The monoisotopic (exact) mass is 906 g/mol. The Kier molecular flexibility index (Phi) is 19.3. The zero-order valence-corrected chi connectivity index (χ0v) is 39.1. The van der Waals surface area contributed by atoms with E-state index in [4.69, 9.17) is 19.8 Å². The van der Waals surface area contributed by atoms with E-state index in [0.29, 0.717) is 23.8 Å². The second-order valence-corrected chi connectivity index (χ2v) is 21.5. The van der Waals surface area contributed by atoms with Crippen LogP contribution in [0, 0.1) is 6.07 Å². The van der Waals surface area contributed by atoms with Crippen LogP contribution in [-0.2, 0) is 30.5 Å². The normalized spacial score (nSPS) is 15.2. The third-order valence-electron chi connectivity index (χ3n) is 10.7. The second kappa shape index (κ2) is 22.6. The minimum Gasteiger partial charge on any atom is -0.706 e. The summed E-state index contributed by atoms with van der Waals surface area (Å²) in [4.78, 5) is 0. The molecule has 6 nitrogen and oxygen atoms in total. The molecule has 2 fully saturated rings. The topological polar surface area (TPSA) is 96.6 Å². The molecule has 2 aliphatic rings. The Labute approximate surface area is 360 Å². The Morgan fingerprint density at radius 1 is 0.737 bits per heavy atom. The van der Waals surface area contributed by atoms with Crippen molar-refractivity contribution in [3.8, 4) is 33.8 Å². The molecule has 2 saturated carbocycles. The van der Waals surface area contributed by atoms with Gasteiger partial charge in [-0.3, -0.25) is 4.55 Å². The third-order valence-corrected chi connectivity index (χ3v) is 14.7. The van der Waals surface area contributed by atoms with E-state index in [1.165, 1.54) is 86.5 Å². The van der Waals surface area contributed by atoms with Gasteiger partial charge in [0, 0.05) is 7.92 Å². The van der Waals surface area contributed by atoms with E-state index in [1.54, 1.807) is 11.4 Å². The van der Waals surface area contributed by atoms with Gasteiger partial charge < -0.3 is 15.2 Å². The molecular weight excluding hydrogens is 840 g/mol. The van der Waals surface area contributed by atoms with E-state index in [9.17, 15) is 8.42 Å². The van der Waals surface area contributed by atoms with Gasteiger partial charge in [-0.1, -0.05) is 83.0 Å². The summed E-state index contributed by atoms with van der Waals surface area (Å²) in [5.41, 5.74) is 17.2. The molecule has 0 radical (unpaired) electrons. The van der Waals surface area contributed by atoms with Gasteiger partial charge in [0.05, 0.1) is 30.2 Å². The maximum absolute atomic E-state index is 9.19. The van der Waals surface area contributed by atoms with E-state index < -0.39 is 18.0 Å². The molecule has 0 aromatic heterocycles. The number of ether oxygens (including phenoxy) is 2. The van der Waals surface area contributed by atoms with Crippen LogP contribution in [0.25, 0.3) is 28.0 Å². The summed E-state index contributed by atoms with van der Waals surface area (Å²) in [6.45, 7) is 16.0. The first kappa shape index (κ1) is 48.6.